The van der Waals surface area contributed by atoms with Crippen LogP contribution in [0.1, 0.15) is 15.9 Å². The molecule has 2 aromatic carbocycles. The zero-order valence-electron chi connectivity index (χ0n) is 9.52. The molecule has 2 rings (SSSR count). The van der Waals surface area contributed by atoms with E-state index in [4.69, 9.17) is 22.0 Å². The number of carboxylic acids is 1. The number of hydrogen-bond donors (Lipinski definition) is 1. The van der Waals surface area contributed by atoms with Gasteiger partial charge in [0.1, 0.15) is 5.82 Å². The number of aromatic carboxylic acids is 1. The van der Waals surface area contributed by atoms with Gasteiger partial charge in [0.05, 0.1) is 17.2 Å². The summed E-state index contributed by atoms with van der Waals surface area (Å²) in [6, 6.07) is 9.72. The maximum Gasteiger partial charge on any atom is 0.335 e. The molecule has 0 aliphatic rings. The van der Waals surface area contributed by atoms with Crippen LogP contribution in [0.4, 0.5) is 4.39 Å². The predicted molar refractivity (Wildman–Crippen MR) is 68.5 cm³/mol. The van der Waals surface area contributed by atoms with Crippen LogP contribution < -0.4 is 0 Å². The lowest BCUT2D eigenvalue weighted by Crippen LogP contribution is -1.96. The smallest absolute Gasteiger partial charge is 0.335 e. The molecule has 0 spiro atoms. The van der Waals surface area contributed by atoms with Gasteiger partial charge in [0.15, 0.2) is 0 Å². The second-order valence-corrected chi connectivity index (χ2v) is 4.25. The second-order valence-electron chi connectivity index (χ2n) is 3.84. The van der Waals surface area contributed by atoms with Gasteiger partial charge in [0.25, 0.3) is 0 Å². The van der Waals surface area contributed by atoms with E-state index in [1.165, 1.54) is 30.3 Å². The maximum absolute atomic E-state index is 13.4. The van der Waals surface area contributed by atoms with E-state index in [1.54, 1.807) is 0 Å². The molecule has 94 valence electrons. The summed E-state index contributed by atoms with van der Waals surface area (Å²) in [5.74, 6) is -1.68. The fourth-order valence-corrected chi connectivity index (χ4v) is 1.92. The Kier molecular flexibility index (Phi) is 3.50. The van der Waals surface area contributed by atoms with Gasteiger partial charge in [-0.05, 0) is 42.0 Å². The van der Waals surface area contributed by atoms with Crippen LogP contribution in [-0.2, 0) is 0 Å². The Hall–Kier alpha value is -2.38. The fourth-order valence-electron chi connectivity index (χ4n) is 1.69. The largest absolute Gasteiger partial charge is 0.478 e. The Balaban J connectivity index is 2.64. The number of carbonyl (C=O) groups is 1. The molecule has 2 aromatic rings. The molecule has 0 fully saturated rings. The van der Waals surface area contributed by atoms with Crippen molar-refractivity contribution in [2.45, 2.75) is 0 Å². The standard InChI is InChI=1S/C14H7ClFNO2/c15-13-2-1-9(14(18)19)6-12(13)10-3-8(7-17)4-11(16)5-10/h1-6H,(H,18,19). The first-order chi connectivity index (χ1) is 9.01. The molecule has 0 bridgehead atoms. The number of halogens is 2. The maximum atomic E-state index is 13.4. The molecule has 0 radical (unpaired) electrons. The Labute approximate surface area is 113 Å². The van der Waals surface area contributed by atoms with Crippen molar-refractivity contribution < 1.29 is 14.3 Å². The normalized spacial score (nSPS) is 9.95. The van der Waals surface area contributed by atoms with E-state index in [2.05, 4.69) is 0 Å². The Morgan fingerprint density at radius 2 is 2.00 bits per heavy atom. The number of nitriles is 1. The third-order valence-electron chi connectivity index (χ3n) is 2.55. The first-order valence-corrected chi connectivity index (χ1v) is 5.63. The number of carboxylic acid groups (broad SMARTS) is 1. The molecule has 1 N–H and O–H groups in total. The van der Waals surface area contributed by atoms with Gasteiger partial charge in [0.2, 0.25) is 0 Å². The molecule has 5 heteroatoms. The van der Waals surface area contributed by atoms with Crippen molar-refractivity contribution in [3.05, 3.63) is 58.4 Å². The summed E-state index contributed by atoms with van der Waals surface area (Å²) in [4.78, 5) is 10.9. The van der Waals surface area contributed by atoms with Crippen LogP contribution in [0, 0.1) is 17.1 Å². The Morgan fingerprint density at radius 3 is 2.63 bits per heavy atom. The monoisotopic (exact) mass is 275 g/mol. The van der Waals surface area contributed by atoms with Crippen LogP contribution in [-0.4, -0.2) is 11.1 Å². The summed E-state index contributed by atoms with van der Waals surface area (Å²) in [6.45, 7) is 0. The van der Waals surface area contributed by atoms with E-state index in [9.17, 15) is 9.18 Å². The molecule has 0 unspecified atom stereocenters. The van der Waals surface area contributed by atoms with Crippen LogP contribution >= 0.6 is 11.6 Å². The summed E-state index contributed by atoms with van der Waals surface area (Å²) in [5, 5.41) is 18.0. The summed E-state index contributed by atoms with van der Waals surface area (Å²) in [7, 11) is 0. The summed E-state index contributed by atoms with van der Waals surface area (Å²) in [5.41, 5.74) is 0.927. The highest BCUT2D eigenvalue weighted by Gasteiger charge is 2.11. The minimum Gasteiger partial charge on any atom is -0.478 e. The zero-order chi connectivity index (χ0) is 14.0. The average Bonchev–Trinajstić information content (AvgIpc) is 2.38. The van der Waals surface area contributed by atoms with E-state index < -0.39 is 11.8 Å². The number of hydrogen-bond acceptors (Lipinski definition) is 2. The van der Waals surface area contributed by atoms with Gasteiger partial charge >= 0.3 is 5.97 Å². The second kappa shape index (κ2) is 5.09. The lowest BCUT2D eigenvalue weighted by Gasteiger charge is -2.07. The molecule has 0 atom stereocenters. The number of benzene rings is 2. The molecule has 0 aromatic heterocycles. The van der Waals surface area contributed by atoms with Crippen molar-refractivity contribution in [3.8, 4) is 17.2 Å². The molecule has 19 heavy (non-hydrogen) atoms. The van der Waals surface area contributed by atoms with Crippen LogP contribution in [0.15, 0.2) is 36.4 Å². The number of rotatable bonds is 2. The molecule has 0 amide bonds. The Morgan fingerprint density at radius 1 is 1.26 bits per heavy atom. The molecule has 0 saturated carbocycles. The molecule has 0 saturated heterocycles. The van der Waals surface area contributed by atoms with Crippen molar-refractivity contribution >= 4 is 17.6 Å². The van der Waals surface area contributed by atoms with Crippen molar-refractivity contribution in [1.29, 1.82) is 5.26 Å². The van der Waals surface area contributed by atoms with Crippen LogP contribution in [0.25, 0.3) is 11.1 Å². The van der Waals surface area contributed by atoms with E-state index >= 15 is 0 Å². The van der Waals surface area contributed by atoms with Gasteiger partial charge in [-0.2, -0.15) is 5.26 Å². The highest BCUT2D eigenvalue weighted by molar-refractivity contribution is 6.33. The minimum atomic E-state index is -1.10. The van der Waals surface area contributed by atoms with Crippen molar-refractivity contribution in [1.82, 2.24) is 0 Å². The average molecular weight is 276 g/mol. The minimum absolute atomic E-state index is 0.0437. The zero-order valence-corrected chi connectivity index (χ0v) is 10.3. The van der Waals surface area contributed by atoms with Gasteiger partial charge in [-0.15, -0.1) is 0 Å². The predicted octanol–water partition coefficient (Wildman–Crippen LogP) is 3.72. The van der Waals surface area contributed by atoms with Gasteiger partial charge in [-0.25, -0.2) is 9.18 Å². The van der Waals surface area contributed by atoms with Crippen molar-refractivity contribution in [2.24, 2.45) is 0 Å². The van der Waals surface area contributed by atoms with E-state index in [-0.39, 0.29) is 11.1 Å². The highest BCUT2D eigenvalue weighted by Crippen LogP contribution is 2.30. The molecular weight excluding hydrogens is 269 g/mol. The van der Waals surface area contributed by atoms with Gasteiger partial charge < -0.3 is 5.11 Å². The fraction of sp³-hybridized carbons (Fsp3) is 0. The summed E-state index contributed by atoms with van der Waals surface area (Å²) in [6.07, 6.45) is 0. The quantitative estimate of drug-likeness (QED) is 0.909. The summed E-state index contributed by atoms with van der Waals surface area (Å²) >= 11 is 5.99. The van der Waals surface area contributed by atoms with Crippen LogP contribution in [0.5, 0.6) is 0 Å². The third-order valence-corrected chi connectivity index (χ3v) is 2.88. The van der Waals surface area contributed by atoms with E-state index in [1.807, 2.05) is 6.07 Å². The highest BCUT2D eigenvalue weighted by atomic mass is 35.5. The number of nitrogens with zero attached hydrogens (tertiary/aromatic N) is 1. The third kappa shape index (κ3) is 2.72. The van der Waals surface area contributed by atoms with Crippen LogP contribution in [0.2, 0.25) is 5.02 Å². The lowest BCUT2D eigenvalue weighted by molar-refractivity contribution is 0.0697. The first kappa shape index (κ1) is 13.1. The lowest BCUT2D eigenvalue weighted by atomic mass is 10.0. The molecule has 3 nitrogen and oxygen atoms in total. The molecule has 0 aliphatic heterocycles. The first-order valence-electron chi connectivity index (χ1n) is 5.25. The van der Waals surface area contributed by atoms with E-state index in [0.29, 0.717) is 16.1 Å². The van der Waals surface area contributed by atoms with Crippen molar-refractivity contribution in [3.63, 3.8) is 0 Å². The molecular formula is C14H7ClFNO2. The summed E-state index contributed by atoms with van der Waals surface area (Å²) < 4.78 is 13.4. The SMILES string of the molecule is N#Cc1cc(F)cc(-c2cc(C(=O)O)ccc2Cl)c1. The van der Waals surface area contributed by atoms with Crippen molar-refractivity contribution in [2.75, 3.05) is 0 Å². The van der Waals surface area contributed by atoms with Gasteiger partial charge in [-0.3, -0.25) is 0 Å². The Bertz CT molecular complexity index is 707. The molecule has 0 heterocycles. The van der Waals surface area contributed by atoms with Crippen LogP contribution in [0.3, 0.4) is 0 Å². The molecule has 0 aliphatic carbocycles. The van der Waals surface area contributed by atoms with Gasteiger partial charge in [-0.1, -0.05) is 11.6 Å². The topological polar surface area (TPSA) is 61.1 Å². The van der Waals surface area contributed by atoms with E-state index in [0.717, 1.165) is 6.07 Å². The van der Waals surface area contributed by atoms with Gasteiger partial charge in [0, 0.05) is 10.6 Å².